The molecule has 0 aliphatic rings. The van der Waals surface area contributed by atoms with Crippen LogP contribution in [0.4, 0.5) is 5.69 Å². The molecule has 0 saturated carbocycles. The van der Waals surface area contributed by atoms with E-state index >= 15 is 0 Å². The number of benzene rings is 2. The molecule has 0 bridgehead atoms. The number of hydrogen-bond acceptors (Lipinski definition) is 4. The van der Waals surface area contributed by atoms with Crippen LogP contribution in [0.2, 0.25) is 5.02 Å². The highest BCUT2D eigenvalue weighted by Crippen LogP contribution is 2.36. The number of nitrogens with zero attached hydrogens (tertiary/aromatic N) is 1. The minimum atomic E-state index is -0.531. The minimum absolute atomic E-state index is 0.0735. The Morgan fingerprint density at radius 1 is 1.29 bits per heavy atom. The Morgan fingerprint density at radius 3 is 2.57 bits per heavy atom. The van der Waals surface area contributed by atoms with Gasteiger partial charge in [-0.3, -0.25) is 15.5 Å². The first kappa shape index (κ1) is 15.3. The van der Waals surface area contributed by atoms with Crippen LogP contribution in [0.1, 0.15) is 5.56 Å². The highest BCUT2D eigenvalue weighted by Gasteiger charge is 2.13. The molecule has 0 spiro atoms. The van der Waals surface area contributed by atoms with Crippen molar-refractivity contribution in [3.05, 3.63) is 61.6 Å². The largest absolute Gasteiger partial charge is 0.454 e. The monoisotopic (exact) mass is 369 g/mol. The number of halogens is 2. The van der Waals surface area contributed by atoms with Crippen molar-refractivity contribution in [2.75, 3.05) is 0 Å². The molecule has 0 aliphatic heterocycles. The second-order valence-corrected chi connectivity index (χ2v) is 5.29. The maximum absolute atomic E-state index is 10.8. The summed E-state index contributed by atoms with van der Waals surface area (Å²) in [4.78, 5) is 10.2. The summed E-state index contributed by atoms with van der Waals surface area (Å²) in [6.07, 6.45) is 0. The van der Waals surface area contributed by atoms with E-state index in [1.54, 1.807) is 18.2 Å². The molecule has 0 aromatic heterocycles. The third-order valence-corrected chi connectivity index (χ3v) is 3.52. The Kier molecular flexibility index (Phi) is 4.44. The van der Waals surface area contributed by atoms with E-state index in [1.165, 1.54) is 18.2 Å². The quantitative estimate of drug-likeness (QED) is 0.366. The first-order chi connectivity index (χ1) is 9.88. The molecule has 0 heterocycles. The third kappa shape index (κ3) is 3.50. The van der Waals surface area contributed by atoms with Gasteiger partial charge in [0.15, 0.2) is 5.75 Å². The van der Waals surface area contributed by atoms with Gasteiger partial charge in [-0.2, -0.15) is 0 Å². The Morgan fingerprint density at radius 2 is 2.00 bits per heavy atom. The number of rotatable bonds is 4. The Labute approximate surface area is 133 Å². The Balaban J connectivity index is 2.36. The van der Waals surface area contributed by atoms with Crippen LogP contribution in [0.25, 0.3) is 0 Å². The lowest BCUT2D eigenvalue weighted by Gasteiger charge is -2.10. The fourth-order valence-corrected chi connectivity index (χ4v) is 2.17. The number of nitrogen functional groups attached to an aromatic ring is 1. The summed E-state index contributed by atoms with van der Waals surface area (Å²) in [6.45, 7) is 0. The molecular formula is C13H9BrClN3O3. The standard InChI is InChI=1S/C13H9BrClN3O3/c14-9-5-7(13(16)17)1-4-11(9)21-12-6-8(18(19)20)2-3-10(12)15/h1-6H,(H3,16,17). The molecule has 8 heteroatoms. The van der Waals surface area contributed by atoms with Crippen molar-refractivity contribution in [3.8, 4) is 11.5 Å². The average molecular weight is 371 g/mol. The fourth-order valence-electron chi connectivity index (χ4n) is 1.55. The molecule has 0 saturated heterocycles. The summed E-state index contributed by atoms with van der Waals surface area (Å²) in [7, 11) is 0. The highest BCUT2D eigenvalue weighted by molar-refractivity contribution is 9.10. The van der Waals surface area contributed by atoms with Crippen molar-refractivity contribution in [3.63, 3.8) is 0 Å². The summed E-state index contributed by atoms with van der Waals surface area (Å²) >= 11 is 9.26. The second kappa shape index (κ2) is 6.11. The van der Waals surface area contributed by atoms with Crippen molar-refractivity contribution in [1.82, 2.24) is 0 Å². The fraction of sp³-hybridized carbons (Fsp3) is 0. The van der Waals surface area contributed by atoms with Crippen LogP contribution in [0, 0.1) is 15.5 Å². The topological polar surface area (TPSA) is 102 Å². The molecule has 21 heavy (non-hydrogen) atoms. The van der Waals surface area contributed by atoms with Crippen molar-refractivity contribution < 1.29 is 9.66 Å². The molecule has 2 aromatic carbocycles. The predicted molar refractivity (Wildman–Crippen MR) is 83.3 cm³/mol. The molecular weight excluding hydrogens is 362 g/mol. The molecule has 0 radical (unpaired) electrons. The van der Waals surface area contributed by atoms with Crippen LogP contribution in [0.3, 0.4) is 0 Å². The van der Waals surface area contributed by atoms with Gasteiger partial charge in [-0.15, -0.1) is 0 Å². The van der Waals surface area contributed by atoms with E-state index in [2.05, 4.69) is 15.9 Å². The molecule has 0 amide bonds. The van der Waals surface area contributed by atoms with Crippen molar-refractivity contribution in [2.45, 2.75) is 0 Å². The molecule has 2 rings (SSSR count). The maximum Gasteiger partial charge on any atom is 0.273 e. The second-order valence-electron chi connectivity index (χ2n) is 4.03. The molecule has 3 N–H and O–H groups in total. The number of nitro benzene ring substituents is 1. The van der Waals surface area contributed by atoms with Gasteiger partial charge in [0, 0.05) is 11.6 Å². The zero-order chi connectivity index (χ0) is 15.6. The lowest BCUT2D eigenvalue weighted by Crippen LogP contribution is -2.10. The molecule has 6 nitrogen and oxygen atoms in total. The number of amidine groups is 1. The molecule has 0 fully saturated rings. The third-order valence-electron chi connectivity index (χ3n) is 2.59. The number of nitrogens with one attached hydrogen (secondary N) is 1. The van der Waals surface area contributed by atoms with Gasteiger partial charge in [-0.1, -0.05) is 11.6 Å². The van der Waals surface area contributed by atoms with Crippen LogP contribution in [0.15, 0.2) is 40.9 Å². The van der Waals surface area contributed by atoms with Crippen molar-refractivity contribution in [1.29, 1.82) is 5.41 Å². The zero-order valence-electron chi connectivity index (χ0n) is 10.5. The van der Waals surface area contributed by atoms with Gasteiger partial charge >= 0.3 is 0 Å². The number of nitrogens with two attached hydrogens (primary N) is 1. The SMILES string of the molecule is N=C(N)c1ccc(Oc2cc([N+](=O)[O-])ccc2Cl)c(Br)c1. The lowest BCUT2D eigenvalue weighted by atomic mass is 10.2. The van der Waals surface area contributed by atoms with E-state index in [4.69, 9.17) is 27.5 Å². The molecule has 0 aliphatic carbocycles. The van der Waals surface area contributed by atoms with E-state index in [1.807, 2.05) is 0 Å². The van der Waals surface area contributed by atoms with E-state index in [-0.39, 0.29) is 22.3 Å². The summed E-state index contributed by atoms with van der Waals surface area (Å²) < 4.78 is 6.12. The molecule has 0 atom stereocenters. The van der Waals surface area contributed by atoms with E-state index in [0.717, 1.165) is 0 Å². The van der Waals surface area contributed by atoms with Crippen LogP contribution in [-0.4, -0.2) is 10.8 Å². The predicted octanol–water partition coefficient (Wildman–Crippen LogP) is 4.09. The highest BCUT2D eigenvalue weighted by atomic mass is 79.9. The minimum Gasteiger partial charge on any atom is -0.454 e. The summed E-state index contributed by atoms with van der Waals surface area (Å²) in [5.41, 5.74) is 5.80. The molecule has 108 valence electrons. The van der Waals surface area contributed by atoms with Crippen molar-refractivity contribution in [2.24, 2.45) is 5.73 Å². The first-order valence-corrected chi connectivity index (χ1v) is 6.81. The van der Waals surface area contributed by atoms with Gasteiger partial charge in [0.05, 0.1) is 20.5 Å². The van der Waals surface area contributed by atoms with E-state index in [0.29, 0.717) is 15.8 Å². The van der Waals surface area contributed by atoms with Gasteiger partial charge in [0.2, 0.25) is 0 Å². The Hall–Kier alpha value is -2.12. The van der Waals surface area contributed by atoms with Gasteiger partial charge < -0.3 is 10.5 Å². The average Bonchev–Trinajstić information content (AvgIpc) is 2.42. The van der Waals surface area contributed by atoms with Crippen LogP contribution < -0.4 is 10.5 Å². The van der Waals surface area contributed by atoms with Crippen LogP contribution in [0.5, 0.6) is 11.5 Å². The molecule has 2 aromatic rings. The Bertz CT molecular complexity index is 737. The van der Waals surface area contributed by atoms with Gasteiger partial charge in [0.25, 0.3) is 5.69 Å². The molecule has 0 unspecified atom stereocenters. The summed E-state index contributed by atoms with van der Waals surface area (Å²) in [5.74, 6) is 0.500. The van der Waals surface area contributed by atoms with Crippen LogP contribution >= 0.6 is 27.5 Å². The zero-order valence-corrected chi connectivity index (χ0v) is 12.8. The van der Waals surface area contributed by atoms with E-state index < -0.39 is 4.92 Å². The van der Waals surface area contributed by atoms with Gasteiger partial charge in [-0.25, -0.2) is 0 Å². The van der Waals surface area contributed by atoms with Gasteiger partial charge in [0.1, 0.15) is 11.6 Å². The number of nitro groups is 1. The summed E-state index contributed by atoms with van der Waals surface area (Å²) in [6, 6.07) is 8.75. The number of hydrogen-bond donors (Lipinski definition) is 2. The normalized spacial score (nSPS) is 10.2. The number of ether oxygens (including phenoxy) is 1. The maximum atomic E-state index is 10.8. The summed E-state index contributed by atoms with van der Waals surface area (Å²) in [5, 5.41) is 18.4. The lowest BCUT2D eigenvalue weighted by molar-refractivity contribution is -0.384. The van der Waals surface area contributed by atoms with E-state index in [9.17, 15) is 10.1 Å². The number of non-ortho nitro benzene ring substituents is 1. The van der Waals surface area contributed by atoms with Crippen LogP contribution in [-0.2, 0) is 0 Å². The first-order valence-electron chi connectivity index (χ1n) is 5.64. The van der Waals surface area contributed by atoms with Gasteiger partial charge in [-0.05, 0) is 40.2 Å². The smallest absolute Gasteiger partial charge is 0.273 e. The van der Waals surface area contributed by atoms with Crippen molar-refractivity contribution >= 4 is 39.1 Å².